The van der Waals surface area contributed by atoms with E-state index in [1.165, 1.54) is 31.0 Å². The third kappa shape index (κ3) is 3.27. The van der Waals surface area contributed by atoms with Crippen LogP contribution in [0.5, 0.6) is 0 Å². The largest absolute Gasteiger partial charge is 0.307 e. The molecule has 0 amide bonds. The van der Waals surface area contributed by atoms with Gasteiger partial charge in [-0.25, -0.2) is 4.39 Å². The summed E-state index contributed by atoms with van der Waals surface area (Å²) in [7, 11) is 0. The van der Waals surface area contributed by atoms with Gasteiger partial charge in [0.05, 0.1) is 12.1 Å². The summed E-state index contributed by atoms with van der Waals surface area (Å²) in [6, 6.07) is 4.56. The molecule has 17 heavy (non-hydrogen) atoms. The molecule has 2 nitrogen and oxygen atoms in total. The monoisotopic (exact) mass is 255 g/mol. The van der Waals surface area contributed by atoms with E-state index in [2.05, 4.69) is 5.32 Å². The normalized spacial score (nSPS) is 16.4. The zero-order valence-corrected chi connectivity index (χ0v) is 10.3. The third-order valence-electron chi connectivity index (χ3n) is 3.14. The summed E-state index contributed by atoms with van der Waals surface area (Å²) in [5.41, 5.74) is 0.111. The Hall–Kier alpha value is -0.930. The fourth-order valence-corrected chi connectivity index (χ4v) is 2.34. The molecule has 1 N–H and O–H groups in total. The van der Waals surface area contributed by atoms with Crippen LogP contribution in [0.4, 0.5) is 4.39 Å². The van der Waals surface area contributed by atoms with Crippen LogP contribution in [0.3, 0.4) is 0 Å². The van der Waals surface area contributed by atoms with E-state index < -0.39 is 5.82 Å². The highest BCUT2D eigenvalue weighted by molar-refractivity contribution is 6.30. The van der Waals surface area contributed by atoms with Crippen LogP contribution in [0.2, 0.25) is 5.02 Å². The molecule has 1 saturated carbocycles. The van der Waals surface area contributed by atoms with Gasteiger partial charge in [-0.05, 0) is 31.0 Å². The van der Waals surface area contributed by atoms with Crippen molar-refractivity contribution < 1.29 is 9.18 Å². The van der Waals surface area contributed by atoms with Gasteiger partial charge in [0.15, 0.2) is 5.78 Å². The molecule has 0 atom stereocenters. The van der Waals surface area contributed by atoms with Gasteiger partial charge < -0.3 is 5.32 Å². The van der Waals surface area contributed by atoms with Crippen molar-refractivity contribution in [1.29, 1.82) is 0 Å². The number of ketones is 1. The summed E-state index contributed by atoms with van der Waals surface area (Å²) in [5, 5.41) is 3.48. The van der Waals surface area contributed by atoms with Crippen molar-refractivity contribution in [3.63, 3.8) is 0 Å². The van der Waals surface area contributed by atoms with Crippen molar-refractivity contribution >= 4 is 17.4 Å². The predicted octanol–water partition coefficient (Wildman–Crippen LogP) is 3.19. The lowest BCUT2D eigenvalue weighted by Crippen LogP contribution is -2.31. The smallest absolute Gasteiger partial charge is 0.179 e. The minimum atomic E-state index is -0.546. The molecule has 1 aliphatic carbocycles. The zero-order chi connectivity index (χ0) is 12.3. The van der Waals surface area contributed by atoms with E-state index >= 15 is 0 Å². The van der Waals surface area contributed by atoms with Crippen molar-refractivity contribution in [1.82, 2.24) is 5.32 Å². The Balaban J connectivity index is 1.94. The molecular weight excluding hydrogens is 241 g/mol. The first-order valence-electron chi connectivity index (χ1n) is 5.88. The number of halogens is 2. The maximum absolute atomic E-state index is 13.5. The topological polar surface area (TPSA) is 29.1 Å². The van der Waals surface area contributed by atoms with Crippen LogP contribution in [-0.4, -0.2) is 18.4 Å². The number of rotatable bonds is 4. The number of nitrogens with one attached hydrogen (secondary N) is 1. The second-order valence-electron chi connectivity index (χ2n) is 4.41. The van der Waals surface area contributed by atoms with Crippen molar-refractivity contribution in [2.75, 3.05) is 6.54 Å². The Morgan fingerprint density at radius 1 is 1.41 bits per heavy atom. The van der Waals surface area contributed by atoms with E-state index in [-0.39, 0.29) is 17.9 Å². The van der Waals surface area contributed by atoms with Crippen molar-refractivity contribution in [3.05, 3.63) is 34.6 Å². The first-order valence-corrected chi connectivity index (χ1v) is 6.26. The molecule has 4 heteroatoms. The Kier molecular flexibility index (Phi) is 4.13. The van der Waals surface area contributed by atoms with Gasteiger partial charge in [-0.3, -0.25) is 4.79 Å². The second-order valence-corrected chi connectivity index (χ2v) is 4.85. The molecule has 0 aliphatic heterocycles. The van der Waals surface area contributed by atoms with Gasteiger partial charge in [0.1, 0.15) is 5.82 Å². The molecule has 2 rings (SSSR count). The fourth-order valence-electron chi connectivity index (χ4n) is 2.18. The molecule has 1 aromatic rings. The highest BCUT2D eigenvalue weighted by Crippen LogP contribution is 2.18. The first-order chi connectivity index (χ1) is 8.16. The van der Waals surface area contributed by atoms with E-state index in [0.29, 0.717) is 11.1 Å². The Labute approximate surface area is 105 Å². The van der Waals surface area contributed by atoms with E-state index in [0.717, 1.165) is 12.8 Å². The molecule has 0 saturated heterocycles. The Morgan fingerprint density at radius 3 is 2.76 bits per heavy atom. The maximum atomic E-state index is 13.5. The quantitative estimate of drug-likeness (QED) is 0.838. The lowest BCUT2D eigenvalue weighted by atomic mass is 10.1. The number of carbonyl (C=O) groups excluding carboxylic acids is 1. The average molecular weight is 256 g/mol. The SMILES string of the molecule is O=C(CNC1CCCC1)c1ccc(Cl)cc1F. The molecule has 92 valence electrons. The highest BCUT2D eigenvalue weighted by atomic mass is 35.5. The minimum Gasteiger partial charge on any atom is -0.307 e. The Bertz CT molecular complexity index is 416. The standard InChI is InChI=1S/C13H15ClFNO/c14-9-5-6-11(12(15)7-9)13(17)8-16-10-3-1-2-4-10/h5-7,10,16H,1-4,8H2. The molecule has 1 aliphatic rings. The molecule has 0 aromatic heterocycles. The molecule has 0 unspecified atom stereocenters. The first kappa shape index (κ1) is 12.5. The fraction of sp³-hybridized carbons (Fsp3) is 0.462. The lowest BCUT2D eigenvalue weighted by Gasteiger charge is -2.11. The van der Waals surface area contributed by atoms with Gasteiger partial charge in [0.2, 0.25) is 0 Å². The molecule has 1 fully saturated rings. The lowest BCUT2D eigenvalue weighted by molar-refractivity contribution is 0.0983. The summed E-state index contributed by atoms with van der Waals surface area (Å²) in [5.74, 6) is -0.762. The number of hydrogen-bond acceptors (Lipinski definition) is 2. The molecule has 0 heterocycles. The van der Waals surface area contributed by atoms with E-state index in [4.69, 9.17) is 11.6 Å². The third-order valence-corrected chi connectivity index (χ3v) is 3.37. The van der Waals surface area contributed by atoms with Crippen LogP contribution in [0.25, 0.3) is 0 Å². The van der Waals surface area contributed by atoms with E-state index in [1.807, 2.05) is 0 Å². The molecule has 0 spiro atoms. The van der Waals surface area contributed by atoms with Crippen molar-refractivity contribution in [2.24, 2.45) is 0 Å². The number of benzene rings is 1. The van der Waals surface area contributed by atoms with Crippen molar-refractivity contribution in [3.8, 4) is 0 Å². The van der Waals surface area contributed by atoms with Crippen LogP contribution in [0, 0.1) is 5.82 Å². The summed E-state index contributed by atoms with van der Waals surface area (Å²) < 4.78 is 13.5. The zero-order valence-electron chi connectivity index (χ0n) is 9.51. The molecular formula is C13H15ClFNO. The van der Waals surface area contributed by atoms with Crippen LogP contribution in [0.15, 0.2) is 18.2 Å². The van der Waals surface area contributed by atoms with Crippen LogP contribution in [-0.2, 0) is 0 Å². The maximum Gasteiger partial charge on any atom is 0.179 e. The predicted molar refractivity (Wildman–Crippen MR) is 66.0 cm³/mol. The van der Waals surface area contributed by atoms with Crippen LogP contribution >= 0.6 is 11.6 Å². The summed E-state index contributed by atoms with van der Waals surface area (Å²) in [6.45, 7) is 0.198. The van der Waals surface area contributed by atoms with Crippen LogP contribution < -0.4 is 5.32 Å². The minimum absolute atomic E-state index is 0.111. The number of carbonyl (C=O) groups is 1. The summed E-state index contributed by atoms with van der Waals surface area (Å²) >= 11 is 5.64. The van der Waals surface area contributed by atoms with Gasteiger partial charge in [-0.2, -0.15) is 0 Å². The van der Waals surface area contributed by atoms with Gasteiger partial charge in [0, 0.05) is 11.1 Å². The molecule has 0 bridgehead atoms. The van der Waals surface area contributed by atoms with Gasteiger partial charge in [-0.1, -0.05) is 24.4 Å². The van der Waals surface area contributed by atoms with Crippen LogP contribution in [0.1, 0.15) is 36.0 Å². The van der Waals surface area contributed by atoms with E-state index in [9.17, 15) is 9.18 Å². The number of hydrogen-bond donors (Lipinski definition) is 1. The molecule has 0 radical (unpaired) electrons. The van der Waals surface area contributed by atoms with E-state index in [1.54, 1.807) is 0 Å². The number of Topliss-reactive ketones (excluding diaryl/α,β-unsaturated/α-hetero) is 1. The highest BCUT2D eigenvalue weighted by Gasteiger charge is 2.17. The Morgan fingerprint density at radius 2 is 2.12 bits per heavy atom. The second kappa shape index (κ2) is 5.61. The summed E-state index contributed by atoms with van der Waals surface area (Å²) in [4.78, 5) is 11.8. The van der Waals surface area contributed by atoms with Gasteiger partial charge >= 0.3 is 0 Å². The van der Waals surface area contributed by atoms with Gasteiger partial charge in [-0.15, -0.1) is 0 Å². The average Bonchev–Trinajstić information content (AvgIpc) is 2.78. The summed E-state index contributed by atoms with van der Waals surface area (Å²) in [6.07, 6.45) is 4.63. The van der Waals surface area contributed by atoms with Crippen molar-refractivity contribution in [2.45, 2.75) is 31.7 Å². The molecule has 1 aromatic carbocycles. The van der Waals surface area contributed by atoms with Gasteiger partial charge in [0.25, 0.3) is 0 Å².